The Morgan fingerprint density at radius 3 is 2.04 bits per heavy atom. The van der Waals surface area contributed by atoms with E-state index in [0.29, 0.717) is 15.7 Å². The average molecular weight is 348 g/mol. The van der Waals surface area contributed by atoms with Crippen molar-refractivity contribution in [3.63, 3.8) is 0 Å². The molecule has 1 aliphatic heterocycles. The Morgan fingerprint density at radius 1 is 1.00 bits per heavy atom. The first kappa shape index (κ1) is 15.0. The Morgan fingerprint density at radius 2 is 1.57 bits per heavy atom. The summed E-state index contributed by atoms with van der Waals surface area (Å²) >= 11 is 12.1. The Balaban J connectivity index is 1.79. The van der Waals surface area contributed by atoms with Crippen LogP contribution in [0, 0.1) is 23.7 Å². The van der Waals surface area contributed by atoms with Crippen LogP contribution in [0.4, 0.5) is 5.69 Å². The van der Waals surface area contributed by atoms with Gasteiger partial charge in [0.15, 0.2) is 0 Å². The number of fused-ring (bicyclic) bond motifs is 5. The second-order valence-corrected chi connectivity index (χ2v) is 7.39. The second kappa shape index (κ2) is 4.96. The molecule has 2 fully saturated rings. The maximum Gasteiger partial charge on any atom is 0.238 e. The van der Waals surface area contributed by atoms with Gasteiger partial charge in [-0.25, -0.2) is 4.90 Å². The number of hydrogen-bond acceptors (Lipinski definition) is 2. The predicted octanol–water partition coefficient (Wildman–Crippen LogP) is 4.25. The predicted molar refractivity (Wildman–Crippen MR) is 90.4 cm³/mol. The monoisotopic (exact) mass is 347 g/mol. The molecule has 2 amide bonds. The highest BCUT2D eigenvalue weighted by Crippen LogP contribution is 2.57. The smallest absolute Gasteiger partial charge is 0.238 e. The van der Waals surface area contributed by atoms with Crippen LogP contribution in [-0.2, 0) is 9.59 Å². The molecule has 4 unspecified atom stereocenters. The van der Waals surface area contributed by atoms with Crippen molar-refractivity contribution in [2.24, 2.45) is 23.7 Å². The molecule has 1 aromatic carbocycles. The summed E-state index contributed by atoms with van der Waals surface area (Å²) in [5, 5.41) is 0.800. The van der Waals surface area contributed by atoms with Crippen LogP contribution in [0.5, 0.6) is 0 Å². The highest BCUT2D eigenvalue weighted by Gasteiger charge is 2.62. The summed E-state index contributed by atoms with van der Waals surface area (Å²) in [6.45, 7) is 4.10. The lowest BCUT2D eigenvalue weighted by Gasteiger charge is -2.20. The van der Waals surface area contributed by atoms with Crippen molar-refractivity contribution in [3.8, 4) is 0 Å². The van der Waals surface area contributed by atoms with Crippen molar-refractivity contribution < 1.29 is 9.59 Å². The topological polar surface area (TPSA) is 37.4 Å². The third-order valence-electron chi connectivity index (χ3n) is 5.14. The number of carbonyl (C=O) groups is 2. The van der Waals surface area contributed by atoms with Crippen molar-refractivity contribution in [3.05, 3.63) is 51.5 Å². The zero-order chi connectivity index (χ0) is 16.5. The van der Waals surface area contributed by atoms with Gasteiger partial charge < -0.3 is 0 Å². The second-order valence-electron chi connectivity index (χ2n) is 6.55. The lowest BCUT2D eigenvalue weighted by atomic mass is 9.85. The van der Waals surface area contributed by atoms with Crippen LogP contribution in [-0.4, -0.2) is 11.8 Å². The van der Waals surface area contributed by atoms with E-state index in [1.165, 1.54) is 16.0 Å². The molecule has 0 spiro atoms. The zero-order valence-electron chi connectivity index (χ0n) is 12.7. The number of amides is 2. The fourth-order valence-corrected chi connectivity index (χ4v) is 4.82. The summed E-state index contributed by atoms with van der Waals surface area (Å²) in [5.74, 6) is -0.812. The van der Waals surface area contributed by atoms with Crippen molar-refractivity contribution in [2.75, 3.05) is 4.90 Å². The number of nitrogens with zero attached hydrogens (tertiary/aromatic N) is 1. The molecular formula is C18H15Cl2NO2. The van der Waals surface area contributed by atoms with Gasteiger partial charge in [-0.3, -0.25) is 9.59 Å². The molecule has 5 heteroatoms. The van der Waals surface area contributed by atoms with Gasteiger partial charge >= 0.3 is 0 Å². The number of benzene rings is 1. The molecule has 4 atom stereocenters. The van der Waals surface area contributed by atoms with E-state index in [1.807, 2.05) is 13.8 Å². The fraction of sp³-hybridized carbons (Fsp3) is 0.333. The van der Waals surface area contributed by atoms with E-state index in [9.17, 15) is 9.59 Å². The first-order valence-electron chi connectivity index (χ1n) is 7.60. The lowest BCUT2D eigenvalue weighted by Crippen LogP contribution is -2.33. The molecule has 0 aromatic heterocycles. The number of allylic oxidation sites excluding steroid dienone is 4. The molecular weight excluding hydrogens is 333 g/mol. The highest BCUT2D eigenvalue weighted by molar-refractivity contribution is 6.38. The molecule has 23 heavy (non-hydrogen) atoms. The largest absolute Gasteiger partial charge is 0.274 e. The number of imide groups is 1. The van der Waals surface area contributed by atoms with E-state index < -0.39 is 0 Å². The third kappa shape index (κ3) is 1.90. The maximum atomic E-state index is 12.9. The van der Waals surface area contributed by atoms with E-state index in [-0.39, 0.29) is 35.5 Å². The van der Waals surface area contributed by atoms with Gasteiger partial charge in [-0.2, -0.15) is 0 Å². The van der Waals surface area contributed by atoms with E-state index in [1.54, 1.807) is 18.2 Å². The molecule has 1 heterocycles. The molecule has 1 saturated carbocycles. The summed E-state index contributed by atoms with van der Waals surface area (Å²) in [7, 11) is 0. The van der Waals surface area contributed by atoms with E-state index in [4.69, 9.17) is 23.2 Å². The van der Waals surface area contributed by atoms with Crippen LogP contribution in [0.3, 0.4) is 0 Å². The zero-order valence-corrected chi connectivity index (χ0v) is 14.2. The minimum Gasteiger partial charge on any atom is -0.274 e. The van der Waals surface area contributed by atoms with Crippen molar-refractivity contribution in [2.45, 2.75) is 13.8 Å². The van der Waals surface area contributed by atoms with E-state index in [2.05, 4.69) is 12.2 Å². The molecule has 3 nitrogen and oxygen atoms in total. The molecule has 3 aliphatic rings. The lowest BCUT2D eigenvalue weighted by molar-refractivity contribution is -0.122. The number of rotatable bonds is 1. The third-order valence-corrected chi connectivity index (χ3v) is 5.68. The van der Waals surface area contributed by atoms with Crippen LogP contribution >= 0.6 is 23.2 Å². The number of halogens is 2. The highest BCUT2D eigenvalue weighted by atomic mass is 35.5. The average Bonchev–Trinajstić information content (AvgIpc) is 3.11. The summed E-state index contributed by atoms with van der Waals surface area (Å²) in [4.78, 5) is 27.2. The fourth-order valence-electron chi connectivity index (χ4n) is 4.33. The van der Waals surface area contributed by atoms with Gasteiger partial charge in [0.05, 0.1) is 22.5 Å². The van der Waals surface area contributed by atoms with Gasteiger partial charge in [-0.05, 0) is 32.0 Å². The normalized spacial score (nSPS) is 31.3. The molecule has 118 valence electrons. The van der Waals surface area contributed by atoms with Gasteiger partial charge in [0, 0.05) is 16.9 Å². The summed E-state index contributed by atoms with van der Waals surface area (Å²) in [5.41, 5.74) is 2.87. The molecule has 2 bridgehead atoms. The Kier molecular flexibility index (Phi) is 3.23. The molecule has 2 aliphatic carbocycles. The minimum atomic E-state index is -0.297. The summed E-state index contributed by atoms with van der Waals surface area (Å²) in [6, 6.07) is 4.84. The minimum absolute atomic E-state index is 0.0440. The van der Waals surface area contributed by atoms with Gasteiger partial charge in [0.1, 0.15) is 0 Å². The molecule has 1 saturated heterocycles. The Bertz CT molecular complexity index is 773. The first-order chi connectivity index (χ1) is 10.9. The molecule has 1 aromatic rings. The van der Waals surface area contributed by atoms with Crippen LogP contribution in [0.2, 0.25) is 10.0 Å². The molecule has 0 radical (unpaired) electrons. The van der Waals surface area contributed by atoms with Gasteiger partial charge in [-0.1, -0.05) is 46.5 Å². The Hall–Kier alpha value is -1.58. The number of anilines is 1. The van der Waals surface area contributed by atoms with Crippen molar-refractivity contribution in [1.29, 1.82) is 0 Å². The van der Waals surface area contributed by atoms with E-state index in [0.717, 1.165) is 0 Å². The summed E-state index contributed by atoms with van der Waals surface area (Å²) in [6.07, 6.45) is 4.15. The Labute approximate surface area is 144 Å². The van der Waals surface area contributed by atoms with Crippen molar-refractivity contribution >= 4 is 40.7 Å². The van der Waals surface area contributed by atoms with Gasteiger partial charge in [-0.15, -0.1) is 0 Å². The SMILES string of the molecule is CC(C)=C1C2C=CC1C1C(=O)N(c3ccc(Cl)cc3Cl)C(=O)C21. The maximum absolute atomic E-state index is 12.9. The summed E-state index contributed by atoms with van der Waals surface area (Å²) < 4.78 is 0. The van der Waals surface area contributed by atoms with Crippen LogP contribution in [0.1, 0.15) is 13.8 Å². The number of carbonyl (C=O) groups excluding carboxylic acids is 2. The first-order valence-corrected chi connectivity index (χ1v) is 8.36. The van der Waals surface area contributed by atoms with Crippen LogP contribution in [0.25, 0.3) is 0 Å². The van der Waals surface area contributed by atoms with Crippen molar-refractivity contribution in [1.82, 2.24) is 0 Å². The standard InChI is InChI=1S/C18H15Cl2NO2/c1-8(2)14-10-4-5-11(14)16-15(10)17(22)21(18(16)23)13-6-3-9(19)7-12(13)20/h3-7,10-11,15-16H,1-2H3. The van der Waals surface area contributed by atoms with Crippen LogP contribution in [0.15, 0.2) is 41.5 Å². The molecule has 4 rings (SSSR count). The van der Waals surface area contributed by atoms with E-state index >= 15 is 0 Å². The molecule has 0 N–H and O–H groups in total. The van der Waals surface area contributed by atoms with Crippen LogP contribution < -0.4 is 4.90 Å². The van der Waals surface area contributed by atoms with Gasteiger partial charge in [0.25, 0.3) is 0 Å². The quantitative estimate of drug-likeness (QED) is 0.562. The number of hydrogen-bond donors (Lipinski definition) is 0. The van der Waals surface area contributed by atoms with Gasteiger partial charge in [0.2, 0.25) is 11.8 Å².